The summed E-state index contributed by atoms with van der Waals surface area (Å²) in [6, 6.07) is 7.14. The quantitative estimate of drug-likeness (QED) is 0.804. The Morgan fingerprint density at radius 2 is 2.00 bits per heavy atom. The van der Waals surface area contributed by atoms with Crippen molar-refractivity contribution in [2.24, 2.45) is 11.8 Å². The second-order valence-corrected chi connectivity index (χ2v) is 7.38. The number of amides is 1. The smallest absolute Gasteiger partial charge is 0.250 e. The van der Waals surface area contributed by atoms with Gasteiger partial charge in [0.25, 0.3) is 0 Å². The van der Waals surface area contributed by atoms with Crippen LogP contribution in [0.3, 0.4) is 0 Å². The lowest BCUT2D eigenvalue weighted by Crippen LogP contribution is -2.37. The average molecular weight is 313 g/mol. The van der Waals surface area contributed by atoms with Crippen LogP contribution >= 0.6 is 0 Å². The molecule has 2 fully saturated rings. The van der Waals surface area contributed by atoms with Gasteiger partial charge in [-0.05, 0) is 50.0 Å². The van der Waals surface area contributed by atoms with E-state index in [0.717, 1.165) is 37.2 Å². The van der Waals surface area contributed by atoms with Crippen LogP contribution in [0.5, 0.6) is 0 Å². The molecule has 4 rings (SSSR count). The SMILES string of the molecule is O=C(C1=CCC2CCCC1C2)N(Cc1ccccc1F)C1CC1. The first-order chi connectivity index (χ1) is 11.2. The highest BCUT2D eigenvalue weighted by molar-refractivity contribution is 5.94. The normalized spacial score (nSPS) is 26.6. The molecule has 2 bridgehead atoms. The molecule has 0 saturated heterocycles. The van der Waals surface area contributed by atoms with Gasteiger partial charge in [0.05, 0.1) is 0 Å². The summed E-state index contributed by atoms with van der Waals surface area (Å²) in [6.45, 7) is 0.406. The molecule has 3 aliphatic carbocycles. The second-order valence-electron chi connectivity index (χ2n) is 7.38. The van der Waals surface area contributed by atoms with Gasteiger partial charge in [-0.25, -0.2) is 4.39 Å². The summed E-state index contributed by atoms with van der Waals surface area (Å²) in [5.41, 5.74) is 1.65. The highest BCUT2D eigenvalue weighted by Crippen LogP contribution is 2.41. The Balaban J connectivity index is 1.55. The molecule has 122 valence electrons. The number of rotatable bonds is 4. The molecular weight excluding hydrogens is 289 g/mol. The maximum atomic E-state index is 14.0. The predicted molar refractivity (Wildman–Crippen MR) is 88.1 cm³/mol. The molecule has 2 unspecified atom stereocenters. The number of benzene rings is 1. The van der Waals surface area contributed by atoms with E-state index in [1.165, 1.54) is 25.3 Å². The molecule has 0 N–H and O–H groups in total. The van der Waals surface area contributed by atoms with E-state index in [4.69, 9.17) is 0 Å². The van der Waals surface area contributed by atoms with Gasteiger partial charge in [-0.2, -0.15) is 0 Å². The molecule has 2 saturated carbocycles. The number of halogens is 1. The molecule has 1 aromatic carbocycles. The third-order valence-corrected chi connectivity index (χ3v) is 5.69. The fourth-order valence-corrected chi connectivity index (χ4v) is 4.24. The molecule has 0 spiro atoms. The van der Waals surface area contributed by atoms with E-state index < -0.39 is 0 Å². The minimum absolute atomic E-state index is 0.168. The van der Waals surface area contributed by atoms with E-state index in [-0.39, 0.29) is 11.7 Å². The standard InChI is InChI=1S/C20H24FNO/c21-19-7-2-1-5-16(19)13-22(17-9-10-17)20(23)18-11-8-14-4-3-6-15(18)12-14/h1-2,5,7,11,14-15,17H,3-4,6,8-10,12-13H2. The van der Waals surface area contributed by atoms with Gasteiger partial charge >= 0.3 is 0 Å². The first-order valence-electron chi connectivity index (χ1n) is 8.97. The van der Waals surface area contributed by atoms with Crippen LogP contribution in [0.25, 0.3) is 0 Å². The summed E-state index contributed by atoms with van der Waals surface area (Å²) in [5, 5.41) is 0. The van der Waals surface area contributed by atoms with Crippen molar-refractivity contribution >= 4 is 5.91 Å². The van der Waals surface area contributed by atoms with Crippen molar-refractivity contribution in [1.82, 2.24) is 4.90 Å². The second kappa shape index (κ2) is 6.10. The van der Waals surface area contributed by atoms with Crippen molar-refractivity contribution in [3.05, 3.63) is 47.3 Å². The minimum Gasteiger partial charge on any atom is -0.332 e. The Labute approximate surface area is 137 Å². The third kappa shape index (κ3) is 3.06. The maximum Gasteiger partial charge on any atom is 0.250 e. The van der Waals surface area contributed by atoms with Crippen LogP contribution in [0.2, 0.25) is 0 Å². The van der Waals surface area contributed by atoms with E-state index in [9.17, 15) is 9.18 Å². The van der Waals surface area contributed by atoms with Gasteiger partial charge in [0.1, 0.15) is 5.82 Å². The monoisotopic (exact) mass is 313 g/mol. The molecule has 0 radical (unpaired) electrons. The Morgan fingerprint density at radius 1 is 1.17 bits per heavy atom. The van der Waals surface area contributed by atoms with E-state index in [1.54, 1.807) is 12.1 Å². The van der Waals surface area contributed by atoms with Gasteiger partial charge in [-0.15, -0.1) is 0 Å². The van der Waals surface area contributed by atoms with Crippen LogP contribution in [-0.2, 0) is 11.3 Å². The zero-order valence-electron chi connectivity index (χ0n) is 13.5. The Kier molecular flexibility index (Phi) is 3.96. The van der Waals surface area contributed by atoms with Crippen LogP contribution < -0.4 is 0 Å². The lowest BCUT2D eigenvalue weighted by molar-refractivity contribution is -0.129. The average Bonchev–Trinajstić information content (AvgIpc) is 3.39. The Morgan fingerprint density at radius 3 is 2.78 bits per heavy atom. The Hall–Kier alpha value is -1.64. The molecule has 2 atom stereocenters. The number of carbonyl (C=O) groups excluding carboxylic acids is 1. The van der Waals surface area contributed by atoms with E-state index in [2.05, 4.69) is 6.08 Å². The summed E-state index contributed by atoms with van der Waals surface area (Å²) in [4.78, 5) is 15.1. The number of carbonyl (C=O) groups is 1. The van der Waals surface area contributed by atoms with Gasteiger partial charge in [0.15, 0.2) is 0 Å². The highest BCUT2D eigenvalue weighted by atomic mass is 19.1. The molecule has 3 heteroatoms. The molecule has 23 heavy (non-hydrogen) atoms. The van der Waals surface area contributed by atoms with Crippen LogP contribution in [-0.4, -0.2) is 16.8 Å². The van der Waals surface area contributed by atoms with Crippen molar-refractivity contribution < 1.29 is 9.18 Å². The molecule has 0 heterocycles. The zero-order chi connectivity index (χ0) is 15.8. The fraction of sp³-hybridized carbons (Fsp3) is 0.550. The molecule has 3 aliphatic rings. The first-order valence-corrected chi connectivity index (χ1v) is 8.97. The van der Waals surface area contributed by atoms with Crippen LogP contribution in [0.1, 0.15) is 50.5 Å². The topological polar surface area (TPSA) is 20.3 Å². The molecule has 1 amide bonds. The van der Waals surface area contributed by atoms with Crippen LogP contribution in [0, 0.1) is 17.7 Å². The van der Waals surface area contributed by atoms with E-state index in [0.29, 0.717) is 24.1 Å². The summed E-state index contributed by atoms with van der Waals surface area (Å²) in [6.07, 6.45) is 10.2. The van der Waals surface area contributed by atoms with Crippen LogP contribution in [0.15, 0.2) is 35.9 Å². The number of hydrogen-bond donors (Lipinski definition) is 0. The number of hydrogen-bond acceptors (Lipinski definition) is 1. The van der Waals surface area contributed by atoms with Gasteiger partial charge in [-0.1, -0.05) is 37.1 Å². The minimum atomic E-state index is -0.207. The first kappa shape index (κ1) is 14.9. The van der Waals surface area contributed by atoms with Crippen molar-refractivity contribution in [3.63, 3.8) is 0 Å². The summed E-state index contributed by atoms with van der Waals surface area (Å²) in [7, 11) is 0. The Bertz CT molecular complexity index is 634. The molecule has 0 aromatic heterocycles. The van der Waals surface area contributed by atoms with Crippen LogP contribution in [0.4, 0.5) is 4.39 Å². The van der Waals surface area contributed by atoms with Crippen molar-refractivity contribution in [1.29, 1.82) is 0 Å². The zero-order valence-corrected chi connectivity index (χ0v) is 13.5. The van der Waals surface area contributed by atoms with Gasteiger partial charge in [0.2, 0.25) is 5.91 Å². The summed E-state index contributed by atoms with van der Waals surface area (Å²) < 4.78 is 14.0. The van der Waals surface area contributed by atoms with E-state index >= 15 is 0 Å². The molecular formula is C20H24FNO. The number of nitrogens with zero attached hydrogens (tertiary/aromatic N) is 1. The lowest BCUT2D eigenvalue weighted by atomic mass is 9.72. The molecule has 1 aromatic rings. The number of fused-ring (bicyclic) bond motifs is 2. The lowest BCUT2D eigenvalue weighted by Gasteiger charge is -2.36. The predicted octanol–water partition coefficient (Wildman–Crippen LogP) is 4.45. The summed E-state index contributed by atoms with van der Waals surface area (Å²) in [5.74, 6) is 1.19. The van der Waals surface area contributed by atoms with Gasteiger partial charge in [0, 0.05) is 23.7 Å². The largest absolute Gasteiger partial charge is 0.332 e. The molecule has 2 nitrogen and oxygen atoms in total. The van der Waals surface area contributed by atoms with Crippen molar-refractivity contribution in [3.8, 4) is 0 Å². The summed E-state index contributed by atoms with van der Waals surface area (Å²) >= 11 is 0. The maximum absolute atomic E-state index is 14.0. The highest BCUT2D eigenvalue weighted by Gasteiger charge is 2.38. The molecule has 0 aliphatic heterocycles. The van der Waals surface area contributed by atoms with E-state index in [1.807, 2.05) is 11.0 Å². The third-order valence-electron chi connectivity index (χ3n) is 5.69. The fourth-order valence-electron chi connectivity index (χ4n) is 4.24. The van der Waals surface area contributed by atoms with Gasteiger partial charge < -0.3 is 4.90 Å². The van der Waals surface area contributed by atoms with Gasteiger partial charge in [-0.3, -0.25) is 4.79 Å². The number of allylic oxidation sites excluding steroid dienone is 1. The van der Waals surface area contributed by atoms with Crippen molar-refractivity contribution in [2.75, 3.05) is 0 Å². The van der Waals surface area contributed by atoms with Crippen molar-refractivity contribution in [2.45, 2.75) is 57.5 Å².